The van der Waals surface area contributed by atoms with Crippen molar-refractivity contribution in [2.45, 2.75) is 37.1 Å². The number of aromatic nitrogens is 3. The molecule has 1 atom stereocenters. The number of hydrogen-bond donors (Lipinski definition) is 2. The van der Waals surface area contributed by atoms with Gasteiger partial charge in [0.2, 0.25) is 5.91 Å². The van der Waals surface area contributed by atoms with Crippen LogP contribution in [0.5, 0.6) is 0 Å². The maximum absolute atomic E-state index is 12.9. The molecule has 2 N–H and O–H groups in total. The average molecular weight is 432 g/mol. The fourth-order valence-electron chi connectivity index (χ4n) is 5.20. The number of para-hydroxylation sites is 2. The number of anilines is 1. The number of amides is 2. The number of benzene rings is 2. The smallest absolute Gasteiger partial charge is 0.255 e. The van der Waals surface area contributed by atoms with E-state index < -0.39 is 5.66 Å². The highest BCUT2D eigenvalue weighted by atomic mass is 16.5. The SMILES string of the molecule is O=C1NC2(COC3(CCN(C(=O)Cn4nnc5ccccc54)CC3)C2)Nc2ccccc21. The molecule has 9 heteroatoms. The van der Waals surface area contributed by atoms with Crippen LogP contribution in [0.3, 0.4) is 0 Å². The molecule has 6 rings (SSSR count). The summed E-state index contributed by atoms with van der Waals surface area (Å²) in [5.41, 5.74) is 2.19. The number of likely N-dealkylation sites (tertiary alicyclic amines) is 1. The lowest BCUT2D eigenvalue weighted by molar-refractivity contribution is -0.136. The molecule has 3 aliphatic rings. The Kier molecular flexibility index (Phi) is 4.23. The maximum atomic E-state index is 12.9. The topological polar surface area (TPSA) is 101 Å². The Morgan fingerprint density at radius 2 is 1.84 bits per heavy atom. The summed E-state index contributed by atoms with van der Waals surface area (Å²) >= 11 is 0. The molecule has 3 aromatic rings. The van der Waals surface area contributed by atoms with Crippen LogP contribution in [0.1, 0.15) is 29.6 Å². The van der Waals surface area contributed by atoms with Gasteiger partial charge in [-0.15, -0.1) is 5.10 Å². The number of hydrogen-bond acceptors (Lipinski definition) is 6. The molecule has 0 aliphatic carbocycles. The zero-order valence-electron chi connectivity index (χ0n) is 17.6. The van der Waals surface area contributed by atoms with Crippen LogP contribution in [-0.2, 0) is 16.1 Å². The van der Waals surface area contributed by atoms with Crippen molar-refractivity contribution in [3.8, 4) is 0 Å². The molecule has 2 saturated heterocycles. The molecule has 3 aliphatic heterocycles. The van der Waals surface area contributed by atoms with Crippen molar-refractivity contribution in [1.82, 2.24) is 25.2 Å². The molecule has 0 radical (unpaired) electrons. The Hall–Kier alpha value is -3.46. The van der Waals surface area contributed by atoms with Gasteiger partial charge in [0.1, 0.15) is 17.7 Å². The molecule has 164 valence electrons. The van der Waals surface area contributed by atoms with E-state index in [2.05, 4.69) is 20.9 Å². The molecule has 32 heavy (non-hydrogen) atoms. The zero-order chi connectivity index (χ0) is 21.8. The van der Waals surface area contributed by atoms with E-state index in [4.69, 9.17) is 4.74 Å². The van der Waals surface area contributed by atoms with Gasteiger partial charge in [0.25, 0.3) is 5.91 Å². The largest absolute Gasteiger partial charge is 0.370 e. The molecule has 2 fully saturated rings. The fourth-order valence-corrected chi connectivity index (χ4v) is 5.20. The first-order chi connectivity index (χ1) is 15.5. The summed E-state index contributed by atoms with van der Waals surface area (Å²) in [4.78, 5) is 27.4. The van der Waals surface area contributed by atoms with Crippen LogP contribution in [0.4, 0.5) is 5.69 Å². The van der Waals surface area contributed by atoms with Crippen molar-refractivity contribution in [3.05, 3.63) is 54.1 Å². The van der Waals surface area contributed by atoms with Crippen LogP contribution < -0.4 is 10.6 Å². The molecule has 1 aromatic heterocycles. The summed E-state index contributed by atoms with van der Waals surface area (Å²) in [7, 11) is 0. The first kappa shape index (κ1) is 19.2. The zero-order valence-corrected chi connectivity index (χ0v) is 17.6. The van der Waals surface area contributed by atoms with Gasteiger partial charge in [-0.25, -0.2) is 4.68 Å². The third-order valence-corrected chi connectivity index (χ3v) is 6.88. The van der Waals surface area contributed by atoms with Crippen LogP contribution in [0.2, 0.25) is 0 Å². The van der Waals surface area contributed by atoms with Gasteiger partial charge in [0, 0.05) is 25.2 Å². The summed E-state index contributed by atoms with van der Waals surface area (Å²) in [5, 5.41) is 14.9. The van der Waals surface area contributed by atoms with Crippen LogP contribution in [-0.4, -0.2) is 62.7 Å². The Balaban J connectivity index is 1.12. The molecule has 4 heterocycles. The number of rotatable bonds is 2. The Labute approximate surface area is 184 Å². The van der Waals surface area contributed by atoms with Gasteiger partial charge in [-0.05, 0) is 37.1 Å². The van der Waals surface area contributed by atoms with Gasteiger partial charge in [-0.2, -0.15) is 0 Å². The third-order valence-electron chi connectivity index (χ3n) is 6.88. The van der Waals surface area contributed by atoms with E-state index in [1.54, 1.807) is 4.68 Å². The standard InChI is InChI=1S/C23H24N6O3/c30-20(13-29-19-8-4-3-7-18(19)26-27-29)28-11-9-22(10-12-28)14-23(15-32-22)24-17-6-2-1-5-16(17)21(31)25-23/h1-8,24H,9-15H2,(H,25,31). The van der Waals surface area contributed by atoms with Crippen molar-refractivity contribution in [1.29, 1.82) is 0 Å². The number of piperidine rings is 1. The first-order valence-corrected chi connectivity index (χ1v) is 10.9. The quantitative estimate of drug-likeness (QED) is 0.640. The minimum absolute atomic E-state index is 0.0289. The summed E-state index contributed by atoms with van der Waals surface area (Å²) < 4.78 is 7.94. The second kappa shape index (κ2) is 7.03. The number of nitrogens with one attached hydrogen (secondary N) is 2. The number of fused-ring (bicyclic) bond motifs is 2. The second-order valence-corrected chi connectivity index (χ2v) is 8.97. The second-order valence-electron chi connectivity index (χ2n) is 8.97. The third kappa shape index (κ3) is 3.12. The minimum Gasteiger partial charge on any atom is -0.370 e. The molecular weight excluding hydrogens is 408 g/mol. The molecule has 0 saturated carbocycles. The number of nitrogens with zero attached hydrogens (tertiary/aromatic N) is 4. The van der Waals surface area contributed by atoms with E-state index in [9.17, 15) is 9.59 Å². The molecular formula is C23H24N6O3. The van der Waals surface area contributed by atoms with Crippen LogP contribution >= 0.6 is 0 Å². The molecule has 9 nitrogen and oxygen atoms in total. The van der Waals surface area contributed by atoms with Crippen LogP contribution in [0.25, 0.3) is 11.0 Å². The van der Waals surface area contributed by atoms with Crippen molar-refractivity contribution in [2.24, 2.45) is 0 Å². The summed E-state index contributed by atoms with van der Waals surface area (Å²) in [5.74, 6) is -0.0473. The Morgan fingerprint density at radius 3 is 2.72 bits per heavy atom. The van der Waals surface area contributed by atoms with E-state index in [0.717, 1.165) is 29.6 Å². The van der Waals surface area contributed by atoms with Gasteiger partial charge < -0.3 is 20.3 Å². The number of carbonyl (C=O) groups is 2. The van der Waals surface area contributed by atoms with Crippen molar-refractivity contribution < 1.29 is 14.3 Å². The van der Waals surface area contributed by atoms with Crippen molar-refractivity contribution in [3.63, 3.8) is 0 Å². The lowest BCUT2D eigenvalue weighted by Gasteiger charge is -2.41. The van der Waals surface area contributed by atoms with E-state index in [0.29, 0.717) is 31.7 Å². The normalized spacial score (nSPS) is 23.9. The minimum atomic E-state index is -0.600. The average Bonchev–Trinajstić information content (AvgIpc) is 3.36. The van der Waals surface area contributed by atoms with Crippen molar-refractivity contribution >= 4 is 28.5 Å². The van der Waals surface area contributed by atoms with Gasteiger partial charge >= 0.3 is 0 Å². The highest BCUT2D eigenvalue weighted by molar-refractivity contribution is 6.02. The maximum Gasteiger partial charge on any atom is 0.255 e. The molecule has 2 aromatic carbocycles. The molecule has 2 spiro atoms. The van der Waals surface area contributed by atoms with E-state index in [-0.39, 0.29) is 24.0 Å². The van der Waals surface area contributed by atoms with Crippen LogP contribution in [0.15, 0.2) is 48.5 Å². The summed E-state index contributed by atoms with van der Waals surface area (Å²) in [6.07, 6.45) is 2.14. The first-order valence-electron chi connectivity index (χ1n) is 10.9. The lowest BCUT2D eigenvalue weighted by atomic mass is 9.84. The van der Waals surface area contributed by atoms with Crippen LogP contribution in [0, 0.1) is 0 Å². The lowest BCUT2D eigenvalue weighted by Crippen LogP contribution is -2.59. The molecule has 2 amide bonds. The summed E-state index contributed by atoms with van der Waals surface area (Å²) in [6, 6.07) is 15.2. The van der Waals surface area contributed by atoms with E-state index in [1.807, 2.05) is 53.4 Å². The highest BCUT2D eigenvalue weighted by Crippen LogP contribution is 2.42. The van der Waals surface area contributed by atoms with Gasteiger partial charge in [-0.1, -0.05) is 29.5 Å². The molecule has 0 bridgehead atoms. The highest BCUT2D eigenvalue weighted by Gasteiger charge is 2.53. The van der Waals surface area contributed by atoms with Gasteiger partial charge in [0.05, 0.1) is 23.3 Å². The van der Waals surface area contributed by atoms with Crippen molar-refractivity contribution in [2.75, 3.05) is 25.0 Å². The Morgan fingerprint density at radius 1 is 1.06 bits per heavy atom. The van der Waals surface area contributed by atoms with E-state index in [1.165, 1.54) is 0 Å². The summed E-state index contributed by atoms with van der Waals surface area (Å²) in [6.45, 7) is 1.82. The van der Waals surface area contributed by atoms with Gasteiger partial charge in [0.15, 0.2) is 0 Å². The van der Waals surface area contributed by atoms with Gasteiger partial charge in [-0.3, -0.25) is 9.59 Å². The predicted molar refractivity (Wildman–Crippen MR) is 117 cm³/mol. The molecule has 1 unspecified atom stereocenters. The number of carbonyl (C=O) groups excluding carboxylic acids is 2. The Bertz CT molecular complexity index is 1220. The fraction of sp³-hybridized carbons (Fsp3) is 0.391. The predicted octanol–water partition coefficient (Wildman–Crippen LogP) is 1.76. The van der Waals surface area contributed by atoms with E-state index >= 15 is 0 Å². The monoisotopic (exact) mass is 432 g/mol. The number of ether oxygens (including phenoxy) is 1.